The first kappa shape index (κ1) is 16.9. The Labute approximate surface area is 148 Å². The van der Waals surface area contributed by atoms with Crippen molar-refractivity contribution in [3.05, 3.63) is 60.2 Å². The average molecular weight is 340 g/mol. The average Bonchev–Trinajstić information content (AvgIpc) is 2.64. The fourth-order valence-corrected chi connectivity index (χ4v) is 3.80. The highest BCUT2D eigenvalue weighted by molar-refractivity contribution is 7.99. The van der Waals surface area contributed by atoms with Gasteiger partial charge in [-0.15, -0.1) is 11.8 Å². The maximum atomic E-state index is 12.3. The molecule has 4 heteroatoms. The molecule has 24 heavy (non-hydrogen) atoms. The normalized spacial score (nSPS) is 14.4. The number of amides is 1. The van der Waals surface area contributed by atoms with Crippen molar-refractivity contribution < 1.29 is 4.79 Å². The van der Waals surface area contributed by atoms with E-state index in [1.54, 1.807) is 11.8 Å². The second-order valence-corrected chi connectivity index (χ2v) is 7.08. The lowest BCUT2D eigenvalue weighted by Crippen LogP contribution is -2.30. The Balaban J connectivity index is 1.54. The molecule has 1 fully saturated rings. The number of carbonyl (C=O) groups excluding carboxylic acids is 1. The molecule has 2 aromatic carbocycles. The molecule has 0 aromatic heterocycles. The molecule has 3 rings (SSSR count). The zero-order chi connectivity index (χ0) is 16.6. The van der Waals surface area contributed by atoms with E-state index >= 15 is 0 Å². The van der Waals surface area contributed by atoms with Crippen LogP contribution in [0.1, 0.15) is 24.8 Å². The van der Waals surface area contributed by atoms with E-state index < -0.39 is 0 Å². The predicted octanol–water partition coefficient (Wildman–Crippen LogP) is 4.55. The zero-order valence-electron chi connectivity index (χ0n) is 13.9. The highest BCUT2D eigenvalue weighted by atomic mass is 32.2. The van der Waals surface area contributed by atoms with Crippen LogP contribution in [0.2, 0.25) is 0 Å². The van der Waals surface area contributed by atoms with Crippen molar-refractivity contribution in [3.8, 4) is 0 Å². The first-order valence-electron chi connectivity index (χ1n) is 8.58. The third-order valence-corrected chi connectivity index (χ3v) is 5.22. The van der Waals surface area contributed by atoms with Crippen molar-refractivity contribution in [2.45, 2.75) is 25.0 Å². The zero-order valence-corrected chi connectivity index (χ0v) is 14.7. The number of hydrogen-bond acceptors (Lipinski definition) is 3. The van der Waals surface area contributed by atoms with Crippen LogP contribution in [-0.4, -0.2) is 24.7 Å². The van der Waals surface area contributed by atoms with E-state index in [0.29, 0.717) is 5.75 Å². The minimum Gasteiger partial charge on any atom is -0.370 e. The van der Waals surface area contributed by atoms with Crippen LogP contribution in [0.25, 0.3) is 0 Å². The standard InChI is InChI=1S/C20H24N2OS/c23-20(16-24-15-17-9-3-1-4-10-17)21-18-11-5-6-12-19(18)22-13-7-2-8-14-22/h1,3-6,9-12H,2,7-8,13-16H2,(H,21,23). The number of carbonyl (C=O) groups is 1. The number of thioether (sulfide) groups is 1. The number of benzene rings is 2. The third kappa shape index (κ3) is 4.78. The van der Waals surface area contributed by atoms with Crippen LogP contribution in [-0.2, 0) is 10.5 Å². The molecule has 126 valence electrons. The fraction of sp³-hybridized carbons (Fsp3) is 0.350. The summed E-state index contributed by atoms with van der Waals surface area (Å²) in [5, 5.41) is 3.09. The van der Waals surface area contributed by atoms with Crippen LogP contribution in [0.5, 0.6) is 0 Å². The second-order valence-electron chi connectivity index (χ2n) is 6.09. The Hall–Kier alpha value is -1.94. The van der Waals surface area contributed by atoms with Crippen molar-refractivity contribution in [2.75, 3.05) is 29.1 Å². The number of hydrogen-bond donors (Lipinski definition) is 1. The summed E-state index contributed by atoms with van der Waals surface area (Å²) in [5.74, 6) is 1.41. The number of anilines is 2. The molecule has 1 aliphatic heterocycles. The van der Waals surface area contributed by atoms with E-state index in [2.05, 4.69) is 28.4 Å². The molecule has 1 aliphatic rings. The van der Waals surface area contributed by atoms with Crippen molar-refractivity contribution >= 4 is 29.0 Å². The molecule has 0 spiro atoms. The van der Waals surface area contributed by atoms with Gasteiger partial charge in [0, 0.05) is 18.8 Å². The van der Waals surface area contributed by atoms with Gasteiger partial charge in [-0.1, -0.05) is 42.5 Å². The van der Waals surface area contributed by atoms with Crippen LogP contribution in [0, 0.1) is 0 Å². The molecule has 0 aliphatic carbocycles. The fourth-order valence-electron chi connectivity index (χ4n) is 3.01. The van der Waals surface area contributed by atoms with E-state index in [9.17, 15) is 4.79 Å². The maximum absolute atomic E-state index is 12.3. The molecule has 0 unspecified atom stereocenters. The topological polar surface area (TPSA) is 32.3 Å². The lowest BCUT2D eigenvalue weighted by Gasteiger charge is -2.30. The van der Waals surface area contributed by atoms with Gasteiger partial charge >= 0.3 is 0 Å². The monoisotopic (exact) mass is 340 g/mol. The first-order chi connectivity index (χ1) is 11.8. The summed E-state index contributed by atoms with van der Waals surface area (Å²) in [4.78, 5) is 14.7. The van der Waals surface area contributed by atoms with E-state index in [1.807, 2.05) is 36.4 Å². The molecule has 0 bridgehead atoms. The van der Waals surface area contributed by atoms with Crippen LogP contribution >= 0.6 is 11.8 Å². The van der Waals surface area contributed by atoms with Crippen molar-refractivity contribution in [3.63, 3.8) is 0 Å². The van der Waals surface area contributed by atoms with Crippen molar-refractivity contribution in [1.29, 1.82) is 0 Å². The summed E-state index contributed by atoms with van der Waals surface area (Å²) in [6.07, 6.45) is 3.77. The van der Waals surface area contributed by atoms with Gasteiger partial charge in [0.05, 0.1) is 17.1 Å². The first-order valence-corrected chi connectivity index (χ1v) is 9.74. The van der Waals surface area contributed by atoms with Gasteiger partial charge in [-0.2, -0.15) is 0 Å². The summed E-state index contributed by atoms with van der Waals surface area (Å²) in [6, 6.07) is 18.4. The van der Waals surface area contributed by atoms with Crippen LogP contribution in [0.4, 0.5) is 11.4 Å². The van der Waals surface area contributed by atoms with E-state index in [4.69, 9.17) is 0 Å². The van der Waals surface area contributed by atoms with Crippen molar-refractivity contribution in [2.24, 2.45) is 0 Å². The number of nitrogens with one attached hydrogen (secondary N) is 1. The number of para-hydroxylation sites is 2. The van der Waals surface area contributed by atoms with Gasteiger partial charge in [0.1, 0.15) is 0 Å². The van der Waals surface area contributed by atoms with Crippen molar-refractivity contribution in [1.82, 2.24) is 0 Å². The number of piperidine rings is 1. The lowest BCUT2D eigenvalue weighted by atomic mass is 10.1. The summed E-state index contributed by atoms with van der Waals surface area (Å²) >= 11 is 1.65. The van der Waals surface area contributed by atoms with Gasteiger partial charge < -0.3 is 10.2 Å². The quantitative estimate of drug-likeness (QED) is 0.837. The Morgan fingerprint density at radius 2 is 1.67 bits per heavy atom. The van der Waals surface area contributed by atoms with E-state index in [1.165, 1.54) is 24.8 Å². The Bertz CT molecular complexity index is 654. The minimum absolute atomic E-state index is 0.0698. The summed E-state index contributed by atoms with van der Waals surface area (Å²) in [5.41, 5.74) is 3.34. The highest BCUT2D eigenvalue weighted by Gasteiger charge is 2.15. The molecule has 0 saturated carbocycles. The van der Waals surface area contributed by atoms with Crippen LogP contribution in [0.15, 0.2) is 54.6 Å². The van der Waals surface area contributed by atoms with Gasteiger partial charge in [-0.3, -0.25) is 4.79 Å². The summed E-state index contributed by atoms with van der Waals surface area (Å²) in [6.45, 7) is 2.16. The predicted molar refractivity (Wildman–Crippen MR) is 104 cm³/mol. The SMILES string of the molecule is O=C(CSCc1ccccc1)Nc1ccccc1N1CCCCC1. The number of rotatable bonds is 6. The molecule has 3 nitrogen and oxygen atoms in total. The maximum Gasteiger partial charge on any atom is 0.234 e. The summed E-state index contributed by atoms with van der Waals surface area (Å²) in [7, 11) is 0. The molecule has 1 N–H and O–H groups in total. The van der Waals surface area contributed by atoms with Crippen LogP contribution < -0.4 is 10.2 Å². The smallest absolute Gasteiger partial charge is 0.234 e. The largest absolute Gasteiger partial charge is 0.370 e. The Morgan fingerprint density at radius 3 is 2.46 bits per heavy atom. The molecule has 2 aromatic rings. The van der Waals surface area contributed by atoms with E-state index in [-0.39, 0.29) is 5.91 Å². The molecular formula is C20H24N2OS. The molecule has 0 radical (unpaired) electrons. The highest BCUT2D eigenvalue weighted by Crippen LogP contribution is 2.28. The molecular weight excluding hydrogens is 316 g/mol. The second kappa shape index (κ2) is 8.78. The Kier molecular flexibility index (Phi) is 6.19. The summed E-state index contributed by atoms with van der Waals surface area (Å²) < 4.78 is 0. The van der Waals surface area contributed by atoms with E-state index in [0.717, 1.165) is 30.2 Å². The van der Waals surface area contributed by atoms with Gasteiger partial charge in [-0.25, -0.2) is 0 Å². The van der Waals surface area contributed by atoms with Gasteiger partial charge in [0.2, 0.25) is 5.91 Å². The molecule has 1 heterocycles. The third-order valence-electron chi connectivity index (χ3n) is 4.22. The minimum atomic E-state index is 0.0698. The molecule has 0 atom stereocenters. The Morgan fingerprint density at radius 1 is 0.958 bits per heavy atom. The van der Waals surface area contributed by atoms with Gasteiger partial charge in [0.25, 0.3) is 0 Å². The molecule has 1 saturated heterocycles. The number of nitrogens with zero attached hydrogens (tertiary/aromatic N) is 1. The lowest BCUT2D eigenvalue weighted by molar-refractivity contribution is -0.113. The van der Waals surface area contributed by atoms with Gasteiger partial charge in [-0.05, 0) is 37.0 Å². The molecule has 1 amide bonds. The van der Waals surface area contributed by atoms with Gasteiger partial charge in [0.15, 0.2) is 0 Å². The van der Waals surface area contributed by atoms with Crippen LogP contribution in [0.3, 0.4) is 0 Å².